The minimum atomic E-state index is 0. The minimum absolute atomic E-state index is 0. The molecular weight excluding hydrogens is 465 g/mol. The molecule has 1 aromatic heterocycles. The molecular formula is C18H23ClIN5O. The molecule has 0 aliphatic carbocycles. The van der Waals surface area contributed by atoms with Crippen LogP contribution in [0.2, 0.25) is 5.02 Å². The number of nitrogens with one attached hydrogen (secondary N) is 1. The highest BCUT2D eigenvalue weighted by molar-refractivity contribution is 14.0. The highest BCUT2D eigenvalue weighted by Gasteiger charge is 2.12. The van der Waals surface area contributed by atoms with E-state index in [4.69, 9.17) is 22.1 Å². The second-order valence-corrected chi connectivity index (χ2v) is 6.30. The van der Waals surface area contributed by atoms with Crippen LogP contribution in [0.15, 0.2) is 41.5 Å². The van der Waals surface area contributed by atoms with Gasteiger partial charge in [0.2, 0.25) is 0 Å². The first kappa shape index (κ1) is 20.6. The first-order chi connectivity index (χ1) is 12.2. The van der Waals surface area contributed by atoms with Gasteiger partial charge in [-0.25, -0.2) is 9.98 Å². The fourth-order valence-electron chi connectivity index (χ4n) is 2.75. The summed E-state index contributed by atoms with van der Waals surface area (Å²) in [5.41, 5.74) is 7.71. The molecule has 1 aromatic carbocycles. The zero-order chi connectivity index (χ0) is 17.6. The van der Waals surface area contributed by atoms with E-state index in [1.165, 1.54) is 12.8 Å². The van der Waals surface area contributed by atoms with Crippen LogP contribution in [-0.4, -0.2) is 31.1 Å². The summed E-state index contributed by atoms with van der Waals surface area (Å²) < 4.78 is 5.13. The van der Waals surface area contributed by atoms with E-state index in [9.17, 15) is 0 Å². The predicted molar refractivity (Wildman–Crippen MR) is 118 cm³/mol. The standard InChI is InChI=1S/C18H22ClN5O.HI/c1-25-16-6-5-14(10-15(16)19)23-18(20)22-12-13-4-7-17(21-11-13)24-8-2-3-9-24;/h4-7,10-11H,2-3,8-9,12H2,1H3,(H3,20,22,23);1H. The third kappa shape index (κ3) is 5.38. The van der Waals surface area contributed by atoms with Crippen molar-refractivity contribution in [1.82, 2.24) is 4.98 Å². The third-order valence-corrected chi connectivity index (χ3v) is 4.39. The van der Waals surface area contributed by atoms with Crippen LogP contribution in [0.5, 0.6) is 5.75 Å². The maximum absolute atomic E-state index is 6.10. The molecule has 1 saturated heterocycles. The number of nitrogens with zero attached hydrogens (tertiary/aromatic N) is 3. The summed E-state index contributed by atoms with van der Waals surface area (Å²) >= 11 is 6.10. The number of anilines is 2. The maximum atomic E-state index is 6.10. The SMILES string of the molecule is COc1ccc(NC(N)=NCc2ccc(N3CCCC3)nc2)cc1Cl.I. The fourth-order valence-corrected chi connectivity index (χ4v) is 3.01. The summed E-state index contributed by atoms with van der Waals surface area (Å²) in [5.74, 6) is 1.97. The van der Waals surface area contributed by atoms with Crippen LogP contribution in [0.25, 0.3) is 0 Å². The number of guanidine groups is 1. The lowest BCUT2D eigenvalue weighted by Crippen LogP contribution is -2.22. The van der Waals surface area contributed by atoms with Gasteiger partial charge in [0.1, 0.15) is 11.6 Å². The van der Waals surface area contributed by atoms with Gasteiger partial charge < -0.3 is 20.7 Å². The van der Waals surface area contributed by atoms with E-state index in [0.717, 1.165) is 30.2 Å². The van der Waals surface area contributed by atoms with E-state index in [0.29, 0.717) is 23.3 Å². The van der Waals surface area contributed by atoms with E-state index >= 15 is 0 Å². The number of pyridine rings is 1. The molecule has 0 atom stereocenters. The summed E-state index contributed by atoms with van der Waals surface area (Å²) in [6, 6.07) is 9.44. The summed E-state index contributed by atoms with van der Waals surface area (Å²) in [7, 11) is 1.58. The summed E-state index contributed by atoms with van der Waals surface area (Å²) in [6.07, 6.45) is 4.34. The average molecular weight is 488 g/mol. The van der Waals surface area contributed by atoms with Gasteiger partial charge in [-0.1, -0.05) is 17.7 Å². The Morgan fingerprint density at radius 2 is 2.08 bits per heavy atom. The van der Waals surface area contributed by atoms with Crippen LogP contribution in [0, 0.1) is 0 Å². The molecule has 1 aliphatic heterocycles. The van der Waals surface area contributed by atoms with Crippen molar-refractivity contribution in [3.8, 4) is 5.75 Å². The number of hydrogen-bond donors (Lipinski definition) is 2. The molecule has 0 spiro atoms. The Balaban J connectivity index is 0.00000243. The number of benzene rings is 1. The number of halogens is 2. The quantitative estimate of drug-likeness (QED) is 0.380. The number of ether oxygens (including phenoxy) is 1. The van der Waals surface area contributed by atoms with Crippen molar-refractivity contribution in [2.45, 2.75) is 19.4 Å². The fraction of sp³-hybridized carbons (Fsp3) is 0.333. The van der Waals surface area contributed by atoms with Crippen molar-refractivity contribution in [1.29, 1.82) is 0 Å². The molecule has 3 N–H and O–H groups in total. The highest BCUT2D eigenvalue weighted by Crippen LogP contribution is 2.27. The molecule has 1 aliphatic rings. The van der Waals surface area contributed by atoms with Crippen LogP contribution in [0.1, 0.15) is 18.4 Å². The van der Waals surface area contributed by atoms with E-state index < -0.39 is 0 Å². The van der Waals surface area contributed by atoms with E-state index in [1.807, 2.05) is 24.4 Å². The van der Waals surface area contributed by atoms with E-state index in [1.54, 1.807) is 19.2 Å². The van der Waals surface area contributed by atoms with Crippen molar-refractivity contribution in [3.05, 3.63) is 47.1 Å². The maximum Gasteiger partial charge on any atom is 0.193 e. The molecule has 0 saturated carbocycles. The van der Waals surface area contributed by atoms with E-state index in [2.05, 4.69) is 20.2 Å². The molecule has 8 heteroatoms. The molecule has 0 amide bonds. The second kappa shape index (κ2) is 9.82. The van der Waals surface area contributed by atoms with Gasteiger partial charge in [0.05, 0.1) is 18.7 Å². The molecule has 140 valence electrons. The summed E-state index contributed by atoms with van der Waals surface area (Å²) in [6.45, 7) is 2.65. The predicted octanol–water partition coefficient (Wildman–Crippen LogP) is 3.89. The van der Waals surface area contributed by atoms with Crippen LogP contribution in [-0.2, 0) is 6.54 Å². The van der Waals surface area contributed by atoms with Gasteiger partial charge in [-0.3, -0.25) is 0 Å². The molecule has 0 radical (unpaired) electrons. The highest BCUT2D eigenvalue weighted by atomic mass is 127. The Kier molecular flexibility index (Phi) is 7.77. The molecule has 26 heavy (non-hydrogen) atoms. The molecule has 2 heterocycles. The lowest BCUT2D eigenvalue weighted by molar-refractivity contribution is 0.415. The molecule has 1 fully saturated rings. The van der Waals surface area contributed by atoms with Crippen molar-refractivity contribution in [2.75, 3.05) is 30.4 Å². The number of rotatable bonds is 5. The zero-order valence-electron chi connectivity index (χ0n) is 14.6. The van der Waals surface area contributed by atoms with Crippen LogP contribution < -0.4 is 20.7 Å². The smallest absolute Gasteiger partial charge is 0.193 e. The largest absolute Gasteiger partial charge is 0.495 e. The number of nitrogens with two attached hydrogens (primary N) is 1. The van der Waals surface area contributed by atoms with Crippen LogP contribution in [0.4, 0.5) is 11.5 Å². The molecule has 3 rings (SSSR count). The topological polar surface area (TPSA) is 75.8 Å². The monoisotopic (exact) mass is 487 g/mol. The Bertz CT molecular complexity index is 748. The number of methoxy groups -OCH3 is 1. The van der Waals surface area contributed by atoms with Gasteiger partial charge in [0, 0.05) is 25.0 Å². The Labute approximate surface area is 175 Å². The van der Waals surface area contributed by atoms with Gasteiger partial charge >= 0.3 is 0 Å². The summed E-state index contributed by atoms with van der Waals surface area (Å²) in [5, 5.41) is 3.54. The van der Waals surface area contributed by atoms with Gasteiger partial charge in [0.15, 0.2) is 5.96 Å². The number of aromatic nitrogens is 1. The van der Waals surface area contributed by atoms with E-state index in [-0.39, 0.29) is 24.0 Å². The molecule has 0 bridgehead atoms. The van der Waals surface area contributed by atoms with Crippen LogP contribution in [0.3, 0.4) is 0 Å². The Morgan fingerprint density at radius 1 is 1.31 bits per heavy atom. The van der Waals surface area contributed by atoms with Crippen molar-refractivity contribution < 1.29 is 4.74 Å². The molecule has 2 aromatic rings. The lowest BCUT2D eigenvalue weighted by Gasteiger charge is -2.16. The average Bonchev–Trinajstić information content (AvgIpc) is 3.15. The first-order valence-corrected chi connectivity index (χ1v) is 8.64. The number of hydrogen-bond acceptors (Lipinski definition) is 4. The normalized spacial score (nSPS) is 14.1. The first-order valence-electron chi connectivity index (χ1n) is 8.26. The van der Waals surface area contributed by atoms with Gasteiger partial charge in [-0.15, -0.1) is 24.0 Å². The van der Waals surface area contributed by atoms with Gasteiger partial charge in [-0.2, -0.15) is 0 Å². The van der Waals surface area contributed by atoms with Gasteiger partial charge in [0.25, 0.3) is 0 Å². The zero-order valence-corrected chi connectivity index (χ0v) is 17.7. The van der Waals surface area contributed by atoms with Crippen molar-refractivity contribution in [2.24, 2.45) is 10.7 Å². The van der Waals surface area contributed by atoms with Gasteiger partial charge in [-0.05, 0) is 42.7 Å². The molecule has 6 nitrogen and oxygen atoms in total. The summed E-state index contributed by atoms with van der Waals surface area (Å²) in [4.78, 5) is 11.2. The Morgan fingerprint density at radius 3 is 2.69 bits per heavy atom. The minimum Gasteiger partial charge on any atom is -0.495 e. The second-order valence-electron chi connectivity index (χ2n) is 5.89. The Hall–Kier alpha value is -1.74. The van der Waals surface area contributed by atoms with Crippen LogP contribution >= 0.6 is 35.6 Å². The van der Waals surface area contributed by atoms with Crippen molar-refractivity contribution in [3.63, 3.8) is 0 Å². The number of aliphatic imine (C=N–C) groups is 1. The van der Waals surface area contributed by atoms with Crippen molar-refractivity contribution >= 4 is 53.0 Å². The third-order valence-electron chi connectivity index (χ3n) is 4.10. The lowest BCUT2D eigenvalue weighted by atomic mass is 10.3. The molecule has 0 unspecified atom stereocenters.